The standard InChI is InChI=1S/C7H8O3S3/c1-5-3-4-6(7(11)10-2)12(5)13(8)9/h3-4H,1-2H3. The van der Waals surface area contributed by atoms with Gasteiger partial charge in [0.25, 0.3) is 0 Å². The summed E-state index contributed by atoms with van der Waals surface area (Å²) in [5, 5.41) is 0.251. The van der Waals surface area contributed by atoms with Crippen molar-refractivity contribution in [1.82, 2.24) is 0 Å². The van der Waals surface area contributed by atoms with E-state index in [4.69, 9.17) is 17.0 Å². The molecule has 0 aromatic heterocycles. The summed E-state index contributed by atoms with van der Waals surface area (Å²) in [6.45, 7) is 1.76. The van der Waals surface area contributed by atoms with Gasteiger partial charge in [0.2, 0.25) is 9.26 Å². The zero-order valence-corrected chi connectivity index (χ0v) is 9.55. The number of thiocarbonyl (C=S) groups is 1. The average molecular weight is 236 g/mol. The molecule has 0 saturated heterocycles. The first-order valence-electron chi connectivity index (χ1n) is 3.39. The van der Waals surface area contributed by atoms with E-state index in [1.807, 2.05) is 0 Å². The fraction of sp³-hybridized carbons (Fsp3) is 0.286. The maximum absolute atomic E-state index is 10.9. The Balaban J connectivity index is 3.23. The Labute approximate surface area is 85.2 Å². The fourth-order valence-electron chi connectivity index (χ4n) is 0.915. The Bertz CT molecular complexity index is 432. The molecule has 1 aliphatic heterocycles. The van der Waals surface area contributed by atoms with Crippen molar-refractivity contribution >= 4 is 36.0 Å². The lowest BCUT2D eigenvalue weighted by Gasteiger charge is -2.04. The number of rotatable bonds is 1. The molecule has 0 bridgehead atoms. The number of methoxy groups -OCH3 is 1. The SMILES string of the molecule is COC(=S)C1=CC=C(C)S1=S(=O)=O. The van der Waals surface area contributed by atoms with Gasteiger partial charge < -0.3 is 4.74 Å². The third-order valence-electron chi connectivity index (χ3n) is 1.48. The number of allylic oxidation sites excluding steroid dienone is 3. The molecule has 0 aliphatic carbocycles. The topological polar surface area (TPSA) is 43.4 Å². The molecule has 1 unspecified atom stereocenters. The van der Waals surface area contributed by atoms with Gasteiger partial charge in [0.05, 0.1) is 12.0 Å². The van der Waals surface area contributed by atoms with Gasteiger partial charge in [-0.3, -0.25) is 0 Å². The van der Waals surface area contributed by atoms with Gasteiger partial charge in [-0.15, -0.1) is 0 Å². The van der Waals surface area contributed by atoms with E-state index in [-0.39, 0.29) is 5.05 Å². The predicted molar refractivity (Wildman–Crippen MR) is 57.7 cm³/mol. The average Bonchev–Trinajstić information content (AvgIpc) is 2.45. The smallest absolute Gasteiger partial charge is 0.249 e. The molecule has 0 fully saturated rings. The summed E-state index contributed by atoms with van der Waals surface area (Å²) in [4.78, 5) is 1.37. The van der Waals surface area contributed by atoms with E-state index in [9.17, 15) is 8.42 Å². The van der Waals surface area contributed by atoms with Crippen LogP contribution in [0.2, 0.25) is 0 Å². The molecule has 0 N–H and O–H groups in total. The molecule has 6 heteroatoms. The van der Waals surface area contributed by atoms with Crippen molar-refractivity contribution in [3.63, 3.8) is 0 Å². The largest absolute Gasteiger partial charge is 0.486 e. The summed E-state index contributed by atoms with van der Waals surface area (Å²) in [6.07, 6.45) is 3.44. The fourth-order valence-corrected chi connectivity index (χ4v) is 4.36. The van der Waals surface area contributed by atoms with Crippen LogP contribution in [0.15, 0.2) is 22.0 Å². The van der Waals surface area contributed by atoms with Gasteiger partial charge in [0.15, 0.2) is 5.05 Å². The van der Waals surface area contributed by atoms with Crippen LogP contribution in [0.5, 0.6) is 0 Å². The van der Waals surface area contributed by atoms with E-state index in [2.05, 4.69) is 0 Å². The van der Waals surface area contributed by atoms with Crippen LogP contribution in [-0.2, 0) is 23.5 Å². The highest BCUT2D eigenvalue weighted by Crippen LogP contribution is 2.22. The summed E-state index contributed by atoms with van der Waals surface area (Å²) < 4.78 is 26.5. The Morgan fingerprint density at radius 2 is 2.15 bits per heavy atom. The number of hydrogen-bond acceptors (Lipinski definition) is 4. The second-order valence-corrected chi connectivity index (χ2v) is 6.49. The molecule has 0 aromatic carbocycles. The number of hydrogen-bond donors (Lipinski definition) is 0. The van der Waals surface area contributed by atoms with Gasteiger partial charge in [-0.05, 0) is 39.6 Å². The van der Waals surface area contributed by atoms with Crippen molar-refractivity contribution in [1.29, 1.82) is 0 Å². The van der Waals surface area contributed by atoms with Crippen LogP contribution in [0.25, 0.3) is 0 Å². The van der Waals surface area contributed by atoms with Gasteiger partial charge >= 0.3 is 0 Å². The summed E-state index contributed by atoms with van der Waals surface area (Å²) in [6, 6.07) is 0. The van der Waals surface area contributed by atoms with E-state index in [1.165, 1.54) is 7.11 Å². The molecule has 13 heavy (non-hydrogen) atoms. The predicted octanol–water partition coefficient (Wildman–Crippen LogP) is 1.17. The molecule has 72 valence electrons. The molecule has 1 heterocycles. The van der Waals surface area contributed by atoms with Crippen molar-refractivity contribution in [3.8, 4) is 0 Å². The van der Waals surface area contributed by atoms with Crippen LogP contribution in [0, 0.1) is 0 Å². The zero-order valence-electron chi connectivity index (χ0n) is 7.10. The maximum Gasteiger partial charge on any atom is 0.249 e. The molecule has 0 radical (unpaired) electrons. The maximum atomic E-state index is 10.9. The highest BCUT2D eigenvalue weighted by Gasteiger charge is 2.18. The van der Waals surface area contributed by atoms with E-state index >= 15 is 0 Å². The Kier molecular flexibility index (Phi) is 3.40. The molecule has 1 rings (SSSR count). The zero-order chi connectivity index (χ0) is 10.0. The van der Waals surface area contributed by atoms with Crippen molar-refractivity contribution in [3.05, 3.63) is 22.0 Å². The molecule has 3 nitrogen and oxygen atoms in total. The molecule has 1 aliphatic rings. The van der Waals surface area contributed by atoms with Crippen LogP contribution < -0.4 is 0 Å². The van der Waals surface area contributed by atoms with Crippen LogP contribution in [-0.4, -0.2) is 20.6 Å². The third kappa shape index (κ3) is 2.07. The third-order valence-corrected chi connectivity index (χ3v) is 5.86. The lowest BCUT2D eigenvalue weighted by Crippen LogP contribution is -2.05. The van der Waals surface area contributed by atoms with Gasteiger partial charge in [-0.2, -0.15) is 8.42 Å². The second-order valence-electron chi connectivity index (χ2n) is 2.27. The van der Waals surface area contributed by atoms with Crippen molar-refractivity contribution in [2.45, 2.75) is 6.92 Å². The summed E-state index contributed by atoms with van der Waals surface area (Å²) in [5.41, 5.74) is 0. The summed E-state index contributed by atoms with van der Waals surface area (Å²) in [7, 11) is -1.63. The molecule has 0 spiro atoms. The monoisotopic (exact) mass is 236 g/mol. The first-order chi connectivity index (χ1) is 6.07. The number of ether oxygens (including phenoxy) is 1. The highest BCUT2D eigenvalue weighted by atomic mass is 32.9. The van der Waals surface area contributed by atoms with Crippen molar-refractivity contribution in [2.24, 2.45) is 0 Å². The minimum Gasteiger partial charge on any atom is -0.486 e. The first-order valence-corrected chi connectivity index (χ1v) is 6.61. The van der Waals surface area contributed by atoms with Crippen molar-refractivity contribution in [2.75, 3.05) is 7.11 Å². The second kappa shape index (κ2) is 4.17. The molecule has 1 atom stereocenters. The van der Waals surface area contributed by atoms with E-state index < -0.39 is 18.7 Å². The Morgan fingerprint density at radius 3 is 2.62 bits per heavy atom. The van der Waals surface area contributed by atoms with E-state index in [0.29, 0.717) is 4.91 Å². The Morgan fingerprint density at radius 1 is 1.54 bits per heavy atom. The van der Waals surface area contributed by atoms with Gasteiger partial charge in [0, 0.05) is 0 Å². The van der Waals surface area contributed by atoms with Crippen LogP contribution in [0.1, 0.15) is 6.92 Å². The van der Waals surface area contributed by atoms with Gasteiger partial charge in [0.1, 0.15) is 0 Å². The molecular formula is C7H8O3S3. The minimum atomic E-state index is -2.15. The summed E-state index contributed by atoms with van der Waals surface area (Å²) in [5.74, 6) is 0. The molecule has 0 saturated carbocycles. The highest BCUT2D eigenvalue weighted by molar-refractivity contribution is 8.38. The molecule has 0 amide bonds. The lowest BCUT2D eigenvalue weighted by molar-refractivity contribution is 0.417. The van der Waals surface area contributed by atoms with E-state index in [1.54, 1.807) is 19.1 Å². The lowest BCUT2D eigenvalue weighted by atomic mass is 10.4. The molecular weight excluding hydrogens is 228 g/mol. The van der Waals surface area contributed by atoms with E-state index in [0.717, 1.165) is 4.91 Å². The molecule has 0 aromatic rings. The Hall–Kier alpha value is -0.460. The quantitative estimate of drug-likeness (QED) is 0.641. The first kappa shape index (κ1) is 10.6. The van der Waals surface area contributed by atoms with Crippen LogP contribution >= 0.6 is 12.2 Å². The normalized spacial score (nSPS) is 20.6. The minimum absolute atomic E-state index is 0.251. The van der Waals surface area contributed by atoms with Crippen molar-refractivity contribution < 1.29 is 13.2 Å². The van der Waals surface area contributed by atoms with Gasteiger partial charge in [-0.1, -0.05) is 6.08 Å². The summed E-state index contributed by atoms with van der Waals surface area (Å²) >= 11 is 4.87. The van der Waals surface area contributed by atoms with Gasteiger partial charge in [-0.25, -0.2) is 0 Å². The van der Waals surface area contributed by atoms with Crippen LogP contribution in [0.3, 0.4) is 0 Å². The van der Waals surface area contributed by atoms with Crippen LogP contribution in [0.4, 0.5) is 0 Å².